The van der Waals surface area contributed by atoms with Crippen LogP contribution in [0.3, 0.4) is 0 Å². The lowest BCUT2D eigenvalue weighted by atomic mass is 9.92. The quantitative estimate of drug-likeness (QED) is 0.146. The van der Waals surface area contributed by atoms with Crippen LogP contribution >= 0.6 is 0 Å². The average Bonchev–Trinajstić information content (AvgIpc) is 3.55. The van der Waals surface area contributed by atoms with Crippen molar-refractivity contribution in [1.82, 2.24) is 14.6 Å². The SMILES string of the molecule is COC(=O)c1ccc(C2C=C(C(=O)NCCc3c[nH]c4ccc(OC)cc34)OC(OCCN(CCO)S(=O)(=O)c3ccc(OC)cc3)C2)cc1. The maximum Gasteiger partial charge on any atom is 0.337 e. The first-order valence-corrected chi connectivity index (χ1v) is 17.5. The van der Waals surface area contributed by atoms with Crippen LogP contribution < -0.4 is 14.8 Å². The molecule has 0 fully saturated rings. The summed E-state index contributed by atoms with van der Waals surface area (Å²) in [5, 5.41) is 13.6. The van der Waals surface area contributed by atoms with Crippen LogP contribution in [0.4, 0.5) is 0 Å². The minimum Gasteiger partial charge on any atom is -0.497 e. The Balaban J connectivity index is 1.28. The summed E-state index contributed by atoms with van der Waals surface area (Å²) in [5.74, 6) is 0.0804. The van der Waals surface area contributed by atoms with Gasteiger partial charge in [0.05, 0.1) is 45.0 Å². The zero-order valence-corrected chi connectivity index (χ0v) is 28.9. The van der Waals surface area contributed by atoms with Crippen LogP contribution in [0, 0.1) is 0 Å². The predicted molar refractivity (Wildman–Crippen MR) is 184 cm³/mol. The number of nitrogens with one attached hydrogen (secondary N) is 2. The zero-order chi connectivity index (χ0) is 35.7. The van der Waals surface area contributed by atoms with E-state index < -0.39 is 34.8 Å². The van der Waals surface area contributed by atoms with Crippen LogP contribution in [0.1, 0.15) is 33.8 Å². The van der Waals surface area contributed by atoms with Crippen molar-refractivity contribution in [3.8, 4) is 11.5 Å². The summed E-state index contributed by atoms with van der Waals surface area (Å²) in [5.41, 5.74) is 3.17. The predicted octanol–water partition coefficient (Wildman–Crippen LogP) is 3.74. The summed E-state index contributed by atoms with van der Waals surface area (Å²) < 4.78 is 55.2. The van der Waals surface area contributed by atoms with Crippen molar-refractivity contribution in [2.45, 2.75) is 29.9 Å². The largest absolute Gasteiger partial charge is 0.497 e. The second kappa shape index (κ2) is 16.7. The van der Waals surface area contributed by atoms with E-state index in [0.29, 0.717) is 30.7 Å². The van der Waals surface area contributed by atoms with Gasteiger partial charge in [-0.25, -0.2) is 13.2 Å². The highest BCUT2D eigenvalue weighted by atomic mass is 32.2. The van der Waals surface area contributed by atoms with Gasteiger partial charge < -0.3 is 39.1 Å². The molecule has 0 radical (unpaired) electrons. The molecule has 2 unspecified atom stereocenters. The molecule has 0 spiro atoms. The van der Waals surface area contributed by atoms with Gasteiger partial charge in [-0.05, 0) is 78.2 Å². The average molecular weight is 708 g/mol. The van der Waals surface area contributed by atoms with Crippen LogP contribution in [-0.2, 0) is 35.4 Å². The van der Waals surface area contributed by atoms with E-state index in [1.165, 1.54) is 26.4 Å². The number of esters is 1. The van der Waals surface area contributed by atoms with E-state index in [-0.39, 0.29) is 36.3 Å². The molecule has 0 saturated carbocycles. The van der Waals surface area contributed by atoms with Gasteiger partial charge in [-0.2, -0.15) is 4.31 Å². The van der Waals surface area contributed by atoms with E-state index in [1.807, 2.05) is 24.4 Å². The van der Waals surface area contributed by atoms with Crippen molar-refractivity contribution in [2.24, 2.45) is 0 Å². The molecular formula is C36H41N3O10S. The molecule has 2 heterocycles. The van der Waals surface area contributed by atoms with Crippen molar-refractivity contribution < 1.29 is 46.8 Å². The molecule has 1 aliphatic rings. The van der Waals surface area contributed by atoms with Gasteiger partial charge in [-0.15, -0.1) is 0 Å². The van der Waals surface area contributed by atoms with Crippen LogP contribution in [-0.4, -0.2) is 95.2 Å². The Morgan fingerprint density at radius 1 is 0.980 bits per heavy atom. The minimum atomic E-state index is -3.95. The number of fused-ring (bicyclic) bond motifs is 1. The highest BCUT2D eigenvalue weighted by molar-refractivity contribution is 7.89. The maximum absolute atomic E-state index is 13.4. The third-order valence-electron chi connectivity index (χ3n) is 8.39. The molecule has 3 aromatic carbocycles. The number of ether oxygens (including phenoxy) is 5. The first-order valence-electron chi connectivity index (χ1n) is 16.0. The minimum absolute atomic E-state index is 0.0461. The van der Waals surface area contributed by atoms with E-state index in [2.05, 4.69) is 10.3 Å². The van der Waals surface area contributed by atoms with E-state index in [0.717, 1.165) is 32.1 Å². The fraction of sp³-hybridized carbons (Fsp3) is 0.333. The number of allylic oxidation sites excluding steroid dienone is 1. The first-order chi connectivity index (χ1) is 24.2. The van der Waals surface area contributed by atoms with Gasteiger partial charge in [-0.1, -0.05) is 12.1 Å². The molecule has 3 N–H and O–H groups in total. The highest BCUT2D eigenvalue weighted by Gasteiger charge is 2.30. The number of carbonyl (C=O) groups excluding carboxylic acids is 2. The number of aliphatic hydroxyl groups is 1. The molecule has 4 aromatic rings. The second-order valence-electron chi connectivity index (χ2n) is 11.4. The smallest absolute Gasteiger partial charge is 0.337 e. The Labute approximate surface area is 290 Å². The molecule has 266 valence electrons. The molecule has 2 atom stereocenters. The summed E-state index contributed by atoms with van der Waals surface area (Å²) in [6.45, 7) is -0.360. The third kappa shape index (κ3) is 8.63. The van der Waals surface area contributed by atoms with Crippen LogP contribution in [0.15, 0.2) is 89.7 Å². The molecule has 0 bridgehead atoms. The number of aliphatic hydroxyl groups excluding tert-OH is 1. The third-order valence-corrected chi connectivity index (χ3v) is 10.3. The van der Waals surface area contributed by atoms with Crippen molar-refractivity contribution in [2.75, 3.05) is 54.2 Å². The van der Waals surface area contributed by atoms with Crippen LogP contribution in [0.2, 0.25) is 0 Å². The van der Waals surface area contributed by atoms with Crippen molar-refractivity contribution in [1.29, 1.82) is 0 Å². The number of benzene rings is 3. The van der Waals surface area contributed by atoms with Gasteiger partial charge in [0.15, 0.2) is 5.76 Å². The fourth-order valence-corrected chi connectivity index (χ4v) is 7.09. The monoisotopic (exact) mass is 707 g/mol. The molecule has 5 rings (SSSR count). The van der Waals surface area contributed by atoms with E-state index >= 15 is 0 Å². The molecule has 0 saturated heterocycles. The van der Waals surface area contributed by atoms with Gasteiger partial charge >= 0.3 is 5.97 Å². The normalized spacial score (nSPS) is 16.1. The lowest BCUT2D eigenvalue weighted by molar-refractivity contribution is -0.146. The number of hydrogen-bond donors (Lipinski definition) is 3. The number of methoxy groups -OCH3 is 3. The lowest BCUT2D eigenvalue weighted by Crippen LogP contribution is -2.38. The Morgan fingerprint density at radius 2 is 1.70 bits per heavy atom. The molecule has 0 aliphatic carbocycles. The summed E-state index contributed by atoms with van der Waals surface area (Å²) in [7, 11) is 0.452. The van der Waals surface area contributed by atoms with Crippen molar-refractivity contribution >= 4 is 32.8 Å². The Hall–Kier alpha value is -4.89. The van der Waals surface area contributed by atoms with Gasteiger partial charge in [0.25, 0.3) is 5.91 Å². The van der Waals surface area contributed by atoms with Crippen molar-refractivity contribution in [3.63, 3.8) is 0 Å². The number of carbonyl (C=O) groups is 2. The number of rotatable bonds is 16. The Bertz CT molecular complexity index is 1910. The van der Waals surface area contributed by atoms with Crippen LogP contribution in [0.5, 0.6) is 11.5 Å². The van der Waals surface area contributed by atoms with E-state index in [1.54, 1.807) is 49.6 Å². The lowest BCUT2D eigenvalue weighted by Gasteiger charge is -2.30. The van der Waals surface area contributed by atoms with Gasteiger partial charge in [-0.3, -0.25) is 4.79 Å². The number of aromatic amines is 1. The summed E-state index contributed by atoms with van der Waals surface area (Å²) in [6.07, 6.45) is 3.58. The van der Waals surface area contributed by atoms with Gasteiger partial charge in [0, 0.05) is 49.1 Å². The number of aromatic nitrogens is 1. The van der Waals surface area contributed by atoms with E-state index in [4.69, 9.17) is 23.7 Å². The number of nitrogens with zero attached hydrogens (tertiary/aromatic N) is 1. The van der Waals surface area contributed by atoms with Gasteiger partial charge in [0.2, 0.25) is 16.3 Å². The Morgan fingerprint density at radius 3 is 2.38 bits per heavy atom. The number of amides is 1. The summed E-state index contributed by atoms with van der Waals surface area (Å²) in [4.78, 5) is 28.7. The summed E-state index contributed by atoms with van der Waals surface area (Å²) >= 11 is 0. The molecule has 1 aromatic heterocycles. The molecule has 13 nitrogen and oxygen atoms in total. The van der Waals surface area contributed by atoms with E-state index in [9.17, 15) is 23.1 Å². The molecule has 50 heavy (non-hydrogen) atoms. The fourth-order valence-electron chi connectivity index (χ4n) is 5.67. The van der Waals surface area contributed by atoms with Crippen molar-refractivity contribution in [3.05, 3.63) is 101 Å². The highest BCUT2D eigenvalue weighted by Crippen LogP contribution is 2.32. The number of H-pyrrole nitrogens is 1. The molecule has 1 aliphatic heterocycles. The zero-order valence-electron chi connectivity index (χ0n) is 28.1. The van der Waals surface area contributed by atoms with Gasteiger partial charge in [0.1, 0.15) is 11.5 Å². The second-order valence-corrected chi connectivity index (χ2v) is 13.4. The Kier molecular flexibility index (Phi) is 12.1. The molecule has 14 heteroatoms. The summed E-state index contributed by atoms with van der Waals surface area (Å²) in [6, 6.07) is 18.6. The molecule has 1 amide bonds. The number of hydrogen-bond acceptors (Lipinski definition) is 10. The first kappa shape index (κ1) is 36.4. The standard InChI is InChI=1S/C36H41N3O10S/c1-45-28-8-11-30(12-9-28)50(43,44)39(16-18-40)17-19-48-34-21-27(24-4-6-25(7-5-24)36(42)47-3)20-33(49-34)35(41)37-15-14-26-23-38-32-13-10-29(46-2)22-31(26)32/h4-13,20,22-23,27,34,38,40H,14-19,21H2,1-3H3,(H,37,41). The maximum atomic E-state index is 13.4. The van der Waals surface area contributed by atoms with Crippen LogP contribution in [0.25, 0.3) is 10.9 Å². The molecular weight excluding hydrogens is 666 g/mol. The number of sulfonamides is 1. The topological polar surface area (TPSA) is 166 Å².